The lowest BCUT2D eigenvalue weighted by Gasteiger charge is -2.45. The summed E-state index contributed by atoms with van der Waals surface area (Å²) in [6.45, 7) is 22.2. The number of nitrogens with two attached hydrogens (primary N) is 1. The van der Waals surface area contributed by atoms with E-state index < -0.39 is 31.5 Å². The zero-order chi connectivity index (χ0) is 34.2. The molecule has 1 unspecified atom stereocenters. The minimum Gasteiger partial charge on any atom is -0.444 e. The standard InChI is InChI=1S/C32H49N7O6Si/c1-20-32(7,8)45-39(44-20)26-12-11-22(33)27(37-26)28(40)35-23-18-34-15-13-25(23)38-16-14-21(17-31(5,6)46(9,10)42)24(19-38)36-29(41)43-30(2,3)4/h11-13,15,18,21,24,42H,1,14,16-17,19,33H2,2-10H3,(H,35,40)(H,36,41)/t21-,24?/m0/s1. The summed E-state index contributed by atoms with van der Waals surface area (Å²) in [5.74, 6) is 0.181. The van der Waals surface area contributed by atoms with E-state index in [1.807, 2.05) is 39.9 Å². The van der Waals surface area contributed by atoms with E-state index in [9.17, 15) is 14.4 Å². The van der Waals surface area contributed by atoms with Crippen LogP contribution >= 0.6 is 0 Å². The van der Waals surface area contributed by atoms with E-state index >= 15 is 0 Å². The van der Waals surface area contributed by atoms with Crippen LogP contribution in [0.4, 0.5) is 27.7 Å². The van der Waals surface area contributed by atoms with Gasteiger partial charge in [0.1, 0.15) is 5.60 Å². The van der Waals surface area contributed by atoms with Crippen molar-refractivity contribution in [2.75, 3.05) is 34.3 Å². The normalized spacial score (nSPS) is 20.3. The average molecular weight is 656 g/mol. The molecular formula is C32H49N7O6Si. The number of carbonyl (C=O) groups is 2. The van der Waals surface area contributed by atoms with Gasteiger partial charge in [0.05, 0.1) is 29.3 Å². The fraction of sp³-hybridized carbons (Fsp3) is 0.562. The van der Waals surface area contributed by atoms with Crippen LogP contribution in [0.15, 0.2) is 42.9 Å². The molecule has 13 nitrogen and oxygen atoms in total. The predicted octanol–water partition coefficient (Wildman–Crippen LogP) is 5.37. The average Bonchev–Trinajstić information content (AvgIpc) is 3.20. The lowest BCUT2D eigenvalue weighted by Crippen LogP contribution is -2.55. The van der Waals surface area contributed by atoms with Gasteiger partial charge in [0.15, 0.2) is 31.2 Å². The van der Waals surface area contributed by atoms with Gasteiger partial charge >= 0.3 is 6.09 Å². The largest absolute Gasteiger partial charge is 0.444 e. The number of piperidine rings is 1. The summed E-state index contributed by atoms with van der Waals surface area (Å²) in [6, 6.07) is 4.68. The second-order valence-electron chi connectivity index (χ2n) is 14.7. The van der Waals surface area contributed by atoms with Gasteiger partial charge in [-0.05, 0) is 89.7 Å². The van der Waals surface area contributed by atoms with Crippen LogP contribution in [0, 0.1) is 5.92 Å². The molecule has 252 valence electrons. The molecule has 2 atom stereocenters. The number of carbonyl (C=O) groups excluding carboxylic acids is 2. The van der Waals surface area contributed by atoms with E-state index in [2.05, 4.69) is 45.9 Å². The van der Waals surface area contributed by atoms with Crippen molar-refractivity contribution in [2.24, 2.45) is 5.92 Å². The zero-order valence-corrected chi connectivity index (χ0v) is 29.4. The maximum atomic E-state index is 13.6. The van der Waals surface area contributed by atoms with E-state index in [0.717, 1.165) is 23.8 Å². The van der Waals surface area contributed by atoms with Crippen molar-refractivity contribution in [1.82, 2.24) is 15.3 Å². The Labute approximate surface area is 272 Å². The van der Waals surface area contributed by atoms with Crippen LogP contribution in [0.2, 0.25) is 18.1 Å². The molecule has 0 radical (unpaired) electrons. The Morgan fingerprint density at radius 3 is 2.52 bits per heavy atom. The molecule has 0 spiro atoms. The molecule has 4 heterocycles. The number of nitrogens with one attached hydrogen (secondary N) is 2. The second kappa shape index (κ2) is 12.7. The molecule has 2 aromatic heterocycles. The van der Waals surface area contributed by atoms with Crippen molar-refractivity contribution in [2.45, 2.75) is 96.7 Å². The number of hydrogen-bond acceptors (Lipinski definition) is 11. The predicted molar refractivity (Wildman–Crippen MR) is 181 cm³/mol. The maximum Gasteiger partial charge on any atom is 0.407 e. The smallest absolute Gasteiger partial charge is 0.407 e. The van der Waals surface area contributed by atoms with E-state index in [1.165, 1.54) is 0 Å². The maximum absolute atomic E-state index is 13.6. The van der Waals surface area contributed by atoms with Crippen molar-refractivity contribution < 1.29 is 28.8 Å². The first kappa shape index (κ1) is 35.0. The first-order valence-electron chi connectivity index (χ1n) is 15.5. The number of hydrogen-bond donors (Lipinski definition) is 4. The molecule has 2 fully saturated rings. The van der Waals surface area contributed by atoms with Crippen LogP contribution in [0.5, 0.6) is 0 Å². The molecule has 2 aliphatic heterocycles. The van der Waals surface area contributed by atoms with Crippen molar-refractivity contribution in [3.63, 3.8) is 0 Å². The van der Waals surface area contributed by atoms with Gasteiger partial charge in [0.2, 0.25) is 0 Å². The number of alkyl carbamates (subject to hydrolysis) is 1. The summed E-state index contributed by atoms with van der Waals surface area (Å²) in [6.07, 6.45) is 4.22. The zero-order valence-electron chi connectivity index (χ0n) is 28.4. The van der Waals surface area contributed by atoms with Gasteiger partial charge in [-0.2, -0.15) is 0 Å². The number of nitrogen functional groups attached to an aromatic ring is 1. The highest BCUT2D eigenvalue weighted by molar-refractivity contribution is 6.72. The van der Waals surface area contributed by atoms with Crippen LogP contribution in [0.25, 0.3) is 0 Å². The summed E-state index contributed by atoms with van der Waals surface area (Å²) in [7, 11) is -2.50. The summed E-state index contributed by atoms with van der Waals surface area (Å²) in [5.41, 5.74) is 6.09. The lowest BCUT2D eigenvalue weighted by molar-refractivity contribution is -0.0247. The lowest BCUT2D eigenvalue weighted by atomic mass is 9.84. The van der Waals surface area contributed by atoms with E-state index in [4.69, 9.17) is 20.1 Å². The molecule has 2 amide bonds. The van der Waals surface area contributed by atoms with E-state index in [-0.39, 0.29) is 34.2 Å². The Morgan fingerprint density at radius 2 is 1.91 bits per heavy atom. The Balaban J connectivity index is 1.56. The molecule has 14 heteroatoms. The van der Waals surface area contributed by atoms with Crippen molar-refractivity contribution in [3.05, 3.63) is 48.6 Å². The van der Waals surface area contributed by atoms with Gasteiger partial charge in [-0.3, -0.25) is 9.78 Å². The topological polar surface area (TPSA) is 164 Å². The molecule has 4 rings (SSSR count). The molecule has 2 saturated heterocycles. The van der Waals surface area contributed by atoms with Crippen molar-refractivity contribution in [3.8, 4) is 0 Å². The van der Waals surface area contributed by atoms with Gasteiger partial charge in [0, 0.05) is 19.3 Å². The fourth-order valence-corrected chi connectivity index (χ4v) is 6.02. The second-order valence-corrected chi connectivity index (χ2v) is 19.2. The third kappa shape index (κ3) is 8.09. The minimum absolute atomic E-state index is 0.0176. The molecule has 0 bridgehead atoms. The van der Waals surface area contributed by atoms with Gasteiger partial charge in [0.25, 0.3) is 5.91 Å². The van der Waals surface area contributed by atoms with Crippen LogP contribution in [-0.2, 0) is 14.4 Å². The Hall–Kier alpha value is -3.88. The summed E-state index contributed by atoms with van der Waals surface area (Å²) >= 11 is 0. The van der Waals surface area contributed by atoms with Gasteiger partial charge in [-0.25, -0.2) is 14.6 Å². The Kier molecular flexibility index (Phi) is 9.68. The van der Waals surface area contributed by atoms with Gasteiger partial charge < -0.3 is 35.6 Å². The van der Waals surface area contributed by atoms with Crippen molar-refractivity contribution >= 4 is 43.2 Å². The number of aromatic nitrogens is 2. The van der Waals surface area contributed by atoms with Crippen LogP contribution in [-0.4, -0.2) is 65.4 Å². The number of pyridine rings is 2. The van der Waals surface area contributed by atoms with Gasteiger partial charge in [-0.15, -0.1) is 0 Å². The van der Waals surface area contributed by atoms with Crippen LogP contribution in [0.1, 0.15) is 71.8 Å². The fourth-order valence-electron chi connectivity index (χ4n) is 5.26. The van der Waals surface area contributed by atoms with E-state index in [0.29, 0.717) is 24.5 Å². The Bertz CT molecular complexity index is 1470. The molecule has 2 aliphatic rings. The number of amides is 2. The molecule has 0 saturated carbocycles. The van der Waals surface area contributed by atoms with Crippen LogP contribution in [0.3, 0.4) is 0 Å². The highest BCUT2D eigenvalue weighted by atomic mass is 28.4. The summed E-state index contributed by atoms with van der Waals surface area (Å²) < 4.78 is 5.61. The third-order valence-corrected chi connectivity index (χ3v) is 12.3. The summed E-state index contributed by atoms with van der Waals surface area (Å²) in [4.78, 5) is 59.7. The first-order chi connectivity index (χ1) is 21.2. The van der Waals surface area contributed by atoms with Crippen LogP contribution < -0.4 is 26.5 Å². The van der Waals surface area contributed by atoms with Crippen molar-refractivity contribution in [1.29, 1.82) is 0 Å². The quantitative estimate of drug-likeness (QED) is 0.270. The molecular weight excluding hydrogens is 606 g/mol. The number of anilines is 4. The minimum atomic E-state index is -2.50. The highest BCUT2D eigenvalue weighted by Crippen LogP contribution is 2.44. The van der Waals surface area contributed by atoms with E-state index in [1.54, 1.807) is 38.4 Å². The summed E-state index contributed by atoms with van der Waals surface area (Å²) in [5, 5.41) is 6.85. The molecule has 0 aromatic carbocycles. The SMILES string of the molecule is C=C1ON(c2ccc(N)c(C(=O)Nc3cnccc3N3CC[C@@H](CC(C)(C)[Si](C)(C)O)C(NC(=O)OC(C)(C)C)C3)n2)OC1(C)C. The third-order valence-electron chi connectivity index (χ3n) is 8.76. The molecule has 2 aromatic rings. The first-order valence-corrected chi connectivity index (χ1v) is 18.5. The number of rotatable bonds is 8. The molecule has 0 aliphatic carbocycles. The number of ether oxygens (including phenoxy) is 1. The number of nitrogens with zero attached hydrogens (tertiary/aromatic N) is 4. The Morgan fingerprint density at radius 1 is 1.22 bits per heavy atom. The molecule has 46 heavy (non-hydrogen) atoms. The molecule has 5 N–H and O–H groups in total. The highest BCUT2D eigenvalue weighted by Gasteiger charge is 2.43. The van der Waals surface area contributed by atoms with Gasteiger partial charge in [-0.1, -0.05) is 25.7 Å². The monoisotopic (exact) mass is 655 g/mol.